The van der Waals surface area contributed by atoms with Crippen LogP contribution in [0.4, 0.5) is 0 Å². The van der Waals surface area contributed by atoms with E-state index in [2.05, 4.69) is 0 Å². The van der Waals surface area contributed by atoms with E-state index in [1.807, 2.05) is 12.1 Å². The van der Waals surface area contributed by atoms with Gasteiger partial charge in [0.25, 0.3) is 0 Å². The highest BCUT2D eigenvalue weighted by Crippen LogP contribution is 2.41. The first kappa shape index (κ1) is 47.1. The highest BCUT2D eigenvalue weighted by atomic mass is 16.5. The zero-order valence-electron chi connectivity index (χ0n) is 37.3. The topological polar surface area (TPSA) is 201 Å². The lowest BCUT2D eigenvalue weighted by Crippen LogP contribution is -2.15. The normalized spacial score (nSPS) is 10.6. The predicted octanol–water partition coefficient (Wildman–Crippen LogP) is 8.67. The van der Waals surface area contributed by atoms with E-state index in [1.54, 1.807) is 32.4 Å². The summed E-state index contributed by atoms with van der Waals surface area (Å²) in [6.45, 7) is 0. The first-order chi connectivity index (χ1) is 31.7. The molecule has 0 saturated carbocycles. The Hall–Kier alpha value is -8.40. The summed E-state index contributed by atoms with van der Waals surface area (Å²) in [5.74, 6) is -1.87. The van der Waals surface area contributed by atoms with Gasteiger partial charge >= 0.3 is 0 Å². The molecular weight excluding hydrogens is 857 g/mol. The van der Waals surface area contributed by atoms with Gasteiger partial charge < -0.3 is 57.6 Å². The molecule has 0 aliphatic heterocycles. The van der Waals surface area contributed by atoms with Crippen molar-refractivity contribution in [3.63, 3.8) is 0 Å². The van der Waals surface area contributed by atoms with Crippen molar-refractivity contribution in [2.75, 3.05) is 56.9 Å². The van der Waals surface area contributed by atoms with Crippen LogP contribution in [0.5, 0.6) is 80.5 Å². The fourth-order valence-electron chi connectivity index (χ4n) is 6.96. The van der Waals surface area contributed by atoms with Crippen molar-refractivity contribution < 1.29 is 76.8 Å². The van der Waals surface area contributed by atoms with E-state index in [-0.39, 0.29) is 91.2 Å². The number of benzene rings is 6. The first-order valence-electron chi connectivity index (χ1n) is 19.9. The molecule has 0 atom stereocenters. The van der Waals surface area contributed by atoms with Gasteiger partial charge in [0.2, 0.25) is 34.6 Å². The van der Waals surface area contributed by atoms with E-state index in [9.17, 15) is 29.4 Å². The third kappa shape index (κ3) is 10.7. The number of hydrogen-bond acceptors (Lipinski definition) is 16. The molecule has 6 aromatic rings. The zero-order chi connectivity index (χ0) is 47.7. The van der Waals surface area contributed by atoms with E-state index in [0.29, 0.717) is 29.9 Å². The summed E-state index contributed by atoms with van der Waals surface area (Å²) in [6, 6.07) is 23.2. The maximum Gasteiger partial charge on any atom is 0.233 e. The summed E-state index contributed by atoms with van der Waals surface area (Å²) in [5.41, 5.74) is 1.12. The van der Waals surface area contributed by atoms with Gasteiger partial charge in [0, 0.05) is 46.5 Å². The van der Waals surface area contributed by atoms with E-state index in [0.717, 1.165) is 17.7 Å². The van der Waals surface area contributed by atoms with Crippen LogP contribution in [0.25, 0.3) is 0 Å². The summed E-state index contributed by atoms with van der Waals surface area (Å²) in [7, 11) is 11.4. The van der Waals surface area contributed by atoms with Crippen molar-refractivity contribution in [2.45, 2.75) is 12.8 Å². The zero-order valence-corrected chi connectivity index (χ0v) is 37.3. The molecule has 16 heteroatoms. The molecule has 6 aromatic carbocycles. The van der Waals surface area contributed by atoms with Gasteiger partial charge in [-0.2, -0.15) is 0 Å². The van der Waals surface area contributed by atoms with Gasteiger partial charge in [0.05, 0.1) is 56.9 Å². The standard InChI is InChI=1S/C50H46O16/c1-57-35-11-27(12-36(25-35)58-2)9-10-28-13-37(65-39-17-29(15-33(51)23-39)45(53)47(55)31-19-41(59-3)49(63-7)42(20-31)60-4)26-38(14-28)66-40-18-30(16-34(52)24-40)46(54)48(56)32-21-43(61-5)50(64-8)44(22-32)62-6/h11-26,51-52H,9-10H2,1-8H3. The Morgan fingerprint density at radius 1 is 0.333 bits per heavy atom. The maximum absolute atomic E-state index is 13.6. The van der Waals surface area contributed by atoms with E-state index >= 15 is 0 Å². The van der Waals surface area contributed by atoms with Crippen molar-refractivity contribution in [3.8, 4) is 80.5 Å². The van der Waals surface area contributed by atoms with Gasteiger partial charge in [-0.05, 0) is 96.8 Å². The van der Waals surface area contributed by atoms with Crippen LogP contribution >= 0.6 is 0 Å². The SMILES string of the molecule is COc1cc(CCc2cc(Oc3cc(O)cc(C(=O)C(=O)c4cc(OC)c(OC)c(OC)c4)c3)cc(Oc3cc(O)cc(C(=O)C(=O)c4cc(OC)c(OC)c(OC)c4)c3)c2)cc(OC)c1. The minimum absolute atomic E-state index is 0.00721. The average molecular weight is 903 g/mol. The second-order valence-corrected chi connectivity index (χ2v) is 14.3. The Morgan fingerprint density at radius 3 is 0.924 bits per heavy atom. The molecule has 0 bridgehead atoms. The van der Waals surface area contributed by atoms with Crippen LogP contribution in [0.15, 0.2) is 97.1 Å². The summed E-state index contributed by atoms with van der Waals surface area (Å²) in [6.07, 6.45) is 0.919. The molecule has 0 heterocycles. The lowest BCUT2D eigenvalue weighted by Gasteiger charge is -2.15. The number of phenolic OH excluding ortho intramolecular Hbond substituents is 2. The summed E-state index contributed by atoms with van der Waals surface area (Å²) in [5, 5.41) is 21.5. The van der Waals surface area contributed by atoms with Crippen LogP contribution in [-0.2, 0) is 12.8 Å². The van der Waals surface area contributed by atoms with Crippen molar-refractivity contribution in [2.24, 2.45) is 0 Å². The number of ether oxygens (including phenoxy) is 10. The molecule has 0 amide bonds. The molecule has 0 aliphatic rings. The molecule has 0 unspecified atom stereocenters. The third-order valence-electron chi connectivity index (χ3n) is 10.1. The average Bonchev–Trinajstić information content (AvgIpc) is 3.32. The molecule has 66 heavy (non-hydrogen) atoms. The van der Waals surface area contributed by atoms with Crippen molar-refractivity contribution in [1.82, 2.24) is 0 Å². The van der Waals surface area contributed by atoms with Crippen LogP contribution < -0.4 is 47.4 Å². The number of methoxy groups -OCH3 is 8. The van der Waals surface area contributed by atoms with E-state index < -0.39 is 23.1 Å². The van der Waals surface area contributed by atoms with Crippen LogP contribution in [0.1, 0.15) is 52.6 Å². The molecule has 0 saturated heterocycles. The number of hydrogen-bond donors (Lipinski definition) is 2. The summed E-state index contributed by atoms with van der Waals surface area (Å²) >= 11 is 0. The first-order valence-corrected chi connectivity index (χ1v) is 19.9. The van der Waals surface area contributed by atoms with E-state index in [4.69, 9.17) is 47.4 Å². The Labute approximate surface area is 379 Å². The quantitative estimate of drug-likeness (QED) is 0.0513. The molecule has 0 radical (unpaired) electrons. The monoisotopic (exact) mass is 902 g/mol. The smallest absolute Gasteiger partial charge is 0.233 e. The number of ketones is 4. The molecule has 0 spiro atoms. The maximum atomic E-state index is 13.6. The van der Waals surface area contributed by atoms with Crippen molar-refractivity contribution in [3.05, 3.63) is 130 Å². The van der Waals surface area contributed by atoms with Crippen LogP contribution in [0, 0.1) is 0 Å². The minimum atomic E-state index is -0.963. The molecule has 0 fully saturated rings. The lowest BCUT2D eigenvalue weighted by atomic mass is 10.00. The van der Waals surface area contributed by atoms with Crippen molar-refractivity contribution >= 4 is 23.1 Å². The van der Waals surface area contributed by atoms with Gasteiger partial charge in [0.1, 0.15) is 46.0 Å². The molecule has 0 aliphatic carbocycles. The second kappa shape index (κ2) is 20.9. The Kier molecular flexibility index (Phi) is 14.9. The highest BCUT2D eigenvalue weighted by molar-refractivity contribution is 6.50. The Morgan fingerprint density at radius 2 is 0.621 bits per heavy atom. The predicted molar refractivity (Wildman–Crippen MR) is 239 cm³/mol. The number of rotatable bonds is 21. The largest absolute Gasteiger partial charge is 0.508 e. The molecule has 2 N–H and O–H groups in total. The van der Waals surface area contributed by atoms with E-state index in [1.165, 1.54) is 97.3 Å². The van der Waals surface area contributed by atoms with Gasteiger partial charge in [-0.25, -0.2) is 0 Å². The molecule has 16 nitrogen and oxygen atoms in total. The number of carbonyl (C=O) groups excluding carboxylic acids is 4. The highest BCUT2D eigenvalue weighted by Gasteiger charge is 2.26. The fraction of sp³-hybridized carbons (Fsp3) is 0.200. The molecule has 342 valence electrons. The fourth-order valence-corrected chi connectivity index (χ4v) is 6.96. The van der Waals surface area contributed by atoms with Crippen LogP contribution in [0.2, 0.25) is 0 Å². The molecule has 6 rings (SSSR count). The number of phenols is 2. The van der Waals surface area contributed by atoms with Crippen LogP contribution in [0.3, 0.4) is 0 Å². The van der Waals surface area contributed by atoms with Gasteiger partial charge in [0.15, 0.2) is 23.0 Å². The number of Topliss-reactive ketones (excluding diaryl/α,β-unsaturated/α-hetero) is 4. The van der Waals surface area contributed by atoms with Gasteiger partial charge in [-0.15, -0.1) is 0 Å². The Balaban J connectivity index is 1.33. The Bertz CT molecular complexity index is 2580. The molecular formula is C50H46O16. The minimum Gasteiger partial charge on any atom is -0.508 e. The number of aromatic hydroxyl groups is 2. The van der Waals surface area contributed by atoms with Crippen LogP contribution in [-0.4, -0.2) is 90.2 Å². The summed E-state index contributed by atoms with van der Waals surface area (Å²) in [4.78, 5) is 54.4. The van der Waals surface area contributed by atoms with Gasteiger partial charge in [-0.1, -0.05) is 0 Å². The third-order valence-corrected chi connectivity index (χ3v) is 10.1. The number of carbonyl (C=O) groups is 4. The summed E-state index contributed by atoms with van der Waals surface area (Å²) < 4.78 is 55.4. The lowest BCUT2D eigenvalue weighted by molar-refractivity contribution is 0.0816. The second-order valence-electron chi connectivity index (χ2n) is 14.3. The number of aryl methyl sites for hydroxylation is 2. The van der Waals surface area contributed by atoms with Gasteiger partial charge in [-0.3, -0.25) is 19.2 Å². The van der Waals surface area contributed by atoms with Crippen molar-refractivity contribution in [1.29, 1.82) is 0 Å². The molecule has 0 aromatic heterocycles.